The molecule has 2 bridgehead atoms. The van der Waals surface area contributed by atoms with Crippen LogP contribution in [-0.2, 0) is 11.3 Å². The summed E-state index contributed by atoms with van der Waals surface area (Å²) in [5.41, 5.74) is 3.90. The van der Waals surface area contributed by atoms with Crippen molar-refractivity contribution in [3.63, 3.8) is 0 Å². The second kappa shape index (κ2) is 4.60. The zero-order valence-electron chi connectivity index (χ0n) is 12.4. The van der Waals surface area contributed by atoms with Gasteiger partial charge in [-0.3, -0.25) is 9.69 Å². The van der Waals surface area contributed by atoms with Crippen LogP contribution >= 0.6 is 0 Å². The summed E-state index contributed by atoms with van der Waals surface area (Å²) in [4.78, 5) is 14.3. The van der Waals surface area contributed by atoms with Crippen molar-refractivity contribution in [2.45, 2.75) is 31.3 Å². The predicted molar refractivity (Wildman–Crippen MR) is 78.8 cm³/mol. The van der Waals surface area contributed by atoms with E-state index in [1.54, 1.807) is 14.2 Å². The molecule has 4 rings (SSSR count). The van der Waals surface area contributed by atoms with Crippen molar-refractivity contribution in [1.29, 1.82) is 0 Å². The van der Waals surface area contributed by atoms with Crippen molar-refractivity contribution in [3.05, 3.63) is 34.9 Å². The third-order valence-corrected chi connectivity index (χ3v) is 5.03. The average molecular weight is 285 g/mol. The van der Waals surface area contributed by atoms with E-state index in [-0.39, 0.29) is 5.78 Å². The van der Waals surface area contributed by atoms with Gasteiger partial charge in [-0.05, 0) is 41.3 Å². The van der Waals surface area contributed by atoms with Gasteiger partial charge < -0.3 is 9.47 Å². The quantitative estimate of drug-likeness (QED) is 0.835. The van der Waals surface area contributed by atoms with Crippen LogP contribution in [0.2, 0.25) is 0 Å². The molecule has 1 fully saturated rings. The SMILES string of the molecule is COc1cc2c(cc1OC)[C@@H]1CN(C2)C2CCC(=O)C=C21. The molecule has 1 aromatic rings. The summed E-state index contributed by atoms with van der Waals surface area (Å²) in [5, 5.41) is 0. The molecule has 0 radical (unpaired) electrons. The smallest absolute Gasteiger partial charge is 0.161 e. The number of rotatable bonds is 2. The summed E-state index contributed by atoms with van der Waals surface area (Å²) in [6.45, 7) is 1.95. The minimum atomic E-state index is 0.275. The predicted octanol–water partition coefficient (Wildman–Crippen LogP) is 2.27. The number of carbonyl (C=O) groups excluding carboxylic acids is 1. The standard InChI is InChI=1S/C17H19NO3/c1-20-16-5-10-8-18-9-14(12(10)7-17(16)21-2)13-6-11(19)3-4-15(13)18/h5-7,14-15H,3-4,8-9H2,1-2H3/t14-,15?/m0/s1. The molecular weight excluding hydrogens is 266 g/mol. The van der Waals surface area contributed by atoms with Crippen molar-refractivity contribution in [1.82, 2.24) is 4.90 Å². The van der Waals surface area contributed by atoms with Crippen LogP contribution in [0.1, 0.15) is 29.9 Å². The van der Waals surface area contributed by atoms with E-state index >= 15 is 0 Å². The highest BCUT2D eigenvalue weighted by Gasteiger charge is 2.44. The van der Waals surface area contributed by atoms with Crippen LogP contribution in [0, 0.1) is 0 Å². The number of carbonyl (C=O) groups is 1. The van der Waals surface area contributed by atoms with E-state index in [1.165, 1.54) is 16.7 Å². The monoisotopic (exact) mass is 285 g/mol. The van der Waals surface area contributed by atoms with Crippen LogP contribution in [0.5, 0.6) is 11.5 Å². The van der Waals surface area contributed by atoms with E-state index in [0.29, 0.717) is 18.4 Å². The van der Waals surface area contributed by atoms with E-state index in [0.717, 1.165) is 31.0 Å². The molecule has 3 atom stereocenters. The molecule has 2 aliphatic heterocycles. The largest absolute Gasteiger partial charge is 0.493 e. The lowest BCUT2D eigenvalue weighted by Crippen LogP contribution is -2.32. The average Bonchev–Trinajstić information content (AvgIpc) is 2.79. The van der Waals surface area contributed by atoms with Gasteiger partial charge in [-0.25, -0.2) is 0 Å². The van der Waals surface area contributed by atoms with Gasteiger partial charge in [0.15, 0.2) is 17.3 Å². The lowest BCUT2D eigenvalue weighted by molar-refractivity contribution is -0.115. The molecule has 0 aromatic heterocycles. The summed E-state index contributed by atoms with van der Waals surface area (Å²) >= 11 is 0. The van der Waals surface area contributed by atoms with E-state index in [4.69, 9.17) is 9.47 Å². The minimum Gasteiger partial charge on any atom is -0.493 e. The first-order valence-corrected chi connectivity index (χ1v) is 7.44. The van der Waals surface area contributed by atoms with Crippen LogP contribution in [-0.4, -0.2) is 37.5 Å². The maximum atomic E-state index is 11.8. The van der Waals surface area contributed by atoms with Crippen molar-refractivity contribution in [2.75, 3.05) is 20.8 Å². The second-order valence-corrected chi connectivity index (χ2v) is 6.05. The van der Waals surface area contributed by atoms with E-state index in [9.17, 15) is 4.79 Å². The fraction of sp³-hybridized carbons (Fsp3) is 0.471. The highest BCUT2D eigenvalue weighted by Crippen LogP contribution is 2.48. The molecule has 1 aliphatic carbocycles. The van der Waals surface area contributed by atoms with Gasteiger partial charge in [0.1, 0.15) is 0 Å². The Morgan fingerprint density at radius 3 is 2.71 bits per heavy atom. The lowest BCUT2D eigenvalue weighted by Gasteiger charge is -2.28. The van der Waals surface area contributed by atoms with Gasteiger partial charge >= 0.3 is 0 Å². The third-order valence-electron chi connectivity index (χ3n) is 5.03. The molecule has 0 spiro atoms. The maximum absolute atomic E-state index is 11.8. The van der Waals surface area contributed by atoms with Crippen LogP contribution in [0.25, 0.3) is 0 Å². The topological polar surface area (TPSA) is 38.8 Å². The summed E-state index contributed by atoms with van der Waals surface area (Å²) in [6, 6.07) is 4.63. The lowest BCUT2D eigenvalue weighted by atomic mass is 9.83. The molecule has 2 heterocycles. The van der Waals surface area contributed by atoms with Crippen molar-refractivity contribution >= 4 is 5.78 Å². The molecule has 2 unspecified atom stereocenters. The number of ketones is 1. The molecule has 21 heavy (non-hydrogen) atoms. The summed E-state index contributed by atoms with van der Waals surface area (Å²) in [5.74, 6) is 2.17. The Hall–Kier alpha value is -1.81. The van der Waals surface area contributed by atoms with E-state index in [1.807, 2.05) is 6.08 Å². The Kier molecular flexibility index (Phi) is 2.82. The van der Waals surface area contributed by atoms with E-state index < -0.39 is 0 Å². The van der Waals surface area contributed by atoms with Crippen molar-refractivity contribution < 1.29 is 14.3 Å². The van der Waals surface area contributed by atoms with Crippen molar-refractivity contribution in [2.24, 2.45) is 0 Å². The molecular formula is C17H19NO3. The zero-order chi connectivity index (χ0) is 14.6. The first-order valence-electron chi connectivity index (χ1n) is 7.44. The Morgan fingerprint density at radius 2 is 1.95 bits per heavy atom. The third kappa shape index (κ3) is 1.82. The van der Waals surface area contributed by atoms with Crippen LogP contribution in [0.4, 0.5) is 0 Å². The minimum absolute atomic E-state index is 0.275. The van der Waals surface area contributed by atoms with Gasteiger partial charge in [-0.2, -0.15) is 0 Å². The molecule has 0 saturated carbocycles. The number of fused-ring (bicyclic) bond motifs is 7. The molecule has 3 aliphatic rings. The number of methoxy groups -OCH3 is 2. The van der Waals surface area contributed by atoms with Gasteiger partial charge in [-0.15, -0.1) is 0 Å². The Bertz CT molecular complexity index is 650. The zero-order valence-corrected chi connectivity index (χ0v) is 12.4. The highest BCUT2D eigenvalue weighted by molar-refractivity contribution is 5.92. The summed E-state index contributed by atoms with van der Waals surface area (Å²) in [7, 11) is 3.34. The highest BCUT2D eigenvalue weighted by atomic mass is 16.5. The summed E-state index contributed by atoms with van der Waals surface area (Å²) in [6.07, 6.45) is 3.54. The fourth-order valence-electron chi connectivity index (χ4n) is 4.06. The van der Waals surface area contributed by atoms with Gasteiger partial charge in [-0.1, -0.05) is 0 Å². The molecule has 110 valence electrons. The van der Waals surface area contributed by atoms with Crippen LogP contribution in [0.15, 0.2) is 23.8 Å². The number of nitrogens with zero attached hydrogens (tertiary/aromatic N) is 1. The molecule has 1 saturated heterocycles. The second-order valence-electron chi connectivity index (χ2n) is 6.05. The van der Waals surface area contributed by atoms with Crippen molar-refractivity contribution in [3.8, 4) is 11.5 Å². The van der Waals surface area contributed by atoms with Gasteiger partial charge in [0.05, 0.1) is 14.2 Å². The maximum Gasteiger partial charge on any atom is 0.161 e. The molecule has 4 nitrogen and oxygen atoms in total. The normalized spacial score (nSPS) is 29.5. The molecule has 0 N–H and O–H groups in total. The van der Waals surface area contributed by atoms with E-state index in [2.05, 4.69) is 17.0 Å². The Labute approximate surface area is 124 Å². The molecule has 0 amide bonds. The van der Waals surface area contributed by atoms with Gasteiger partial charge in [0.25, 0.3) is 0 Å². The molecule has 1 aromatic carbocycles. The fourth-order valence-corrected chi connectivity index (χ4v) is 4.06. The summed E-state index contributed by atoms with van der Waals surface area (Å²) < 4.78 is 10.9. The number of benzene rings is 1. The number of hydrogen-bond acceptors (Lipinski definition) is 4. The van der Waals surface area contributed by atoms with Gasteiger partial charge in [0, 0.05) is 31.5 Å². The molecule has 4 heteroatoms. The number of hydrogen-bond donors (Lipinski definition) is 0. The Morgan fingerprint density at radius 1 is 1.19 bits per heavy atom. The number of allylic oxidation sites excluding steroid dienone is 1. The van der Waals surface area contributed by atoms with Gasteiger partial charge in [0.2, 0.25) is 0 Å². The number of ether oxygens (including phenoxy) is 2. The van der Waals surface area contributed by atoms with Crippen LogP contribution < -0.4 is 9.47 Å². The van der Waals surface area contributed by atoms with Crippen LogP contribution in [0.3, 0.4) is 0 Å². The first kappa shape index (κ1) is 12.9. The first-order chi connectivity index (χ1) is 10.2. The Balaban J connectivity index is 1.84.